The maximum absolute atomic E-state index is 11.5. The minimum absolute atomic E-state index is 0.391. The Kier molecular flexibility index (Phi) is 5.49. The Bertz CT molecular complexity index is 460. The standard InChI is InChI=1S/C12H14N2O5/c1-8(12(17)18)19-7-10(15)13-14-11(16)9-5-3-2-4-6-9/h2-6,8H,7H2,1H3,(H,13,15)(H,14,16)(H,17,18)/t8-/m0/s1. The Morgan fingerprint density at radius 3 is 2.42 bits per heavy atom. The Morgan fingerprint density at radius 2 is 1.84 bits per heavy atom. The van der Waals surface area contributed by atoms with E-state index in [0.717, 1.165) is 0 Å². The van der Waals surface area contributed by atoms with Gasteiger partial charge >= 0.3 is 5.97 Å². The summed E-state index contributed by atoms with van der Waals surface area (Å²) in [4.78, 5) is 33.2. The van der Waals surface area contributed by atoms with Gasteiger partial charge in [-0.25, -0.2) is 4.79 Å². The molecule has 7 nitrogen and oxygen atoms in total. The molecule has 19 heavy (non-hydrogen) atoms. The minimum Gasteiger partial charge on any atom is -0.479 e. The second-order valence-corrected chi connectivity index (χ2v) is 3.66. The lowest BCUT2D eigenvalue weighted by Crippen LogP contribution is -2.44. The first-order valence-corrected chi connectivity index (χ1v) is 5.49. The van der Waals surface area contributed by atoms with Crippen LogP contribution in [0.3, 0.4) is 0 Å². The first-order valence-electron chi connectivity index (χ1n) is 5.49. The highest BCUT2D eigenvalue weighted by molar-refractivity contribution is 5.95. The average molecular weight is 266 g/mol. The van der Waals surface area contributed by atoms with Gasteiger partial charge in [-0.1, -0.05) is 18.2 Å². The van der Waals surface area contributed by atoms with Crippen molar-refractivity contribution in [1.82, 2.24) is 10.9 Å². The second-order valence-electron chi connectivity index (χ2n) is 3.66. The van der Waals surface area contributed by atoms with Crippen molar-refractivity contribution in [2.75, 3.05) is 6.61 Å². The fourth-order valence-electron chi connectivity index (χ4n) is 1.10. The lowest BCUT2D eigenvalue weighted by atomic mass is 10.2. The van der Waals surface area contributed by atoms with E-state index < -0.39 is 30.5 Å². The summed E-state index contributed by atoms with van der Waals surface area (Å²) in [5, 5.41) is 8.54. The summed E-state index contributed by atoms with van der Waals surface area (Å²) in [6.07, 6.45) is -1.09. The van der Waals surface area contributed by atoms with Crippen molar-refractivity contribution in [2.45, 2.75) is 13.0 Å². The molecular weight excluding hydrogens is 252 g/mol. The zero-order chi connectivity index (χ0) is 14.3. The molecule has 0 radical (unpaired) electrons. The summed E-state index contributed by atoms with van der Waals surface area (Å²) in [6, 6.07) is 8.31. The fourth-order valence-corrected chi connectivity index (χ4v) is 1.10. The number of ether oxygens (including phenoxy) is 1. The van der Waals surface area contributed by atoms with E-state index in [0.29, 0.717) is 5.56 Å². The second kappa shape index (κ2) is 7.12. The predicted molar refractivity (Wildman–Crippen MR) is 65.1 cm³/mol. The normalized spacial score (nSPS) is 11.4. The number of aliphatic carboxylic acids is 1. The van der Waals surface area contributed by atoms with Crippen molar-refractivity contribution in [3.63, 3.8) is 0 Å². The van der Waals surface area contributed by atoms with Gasteiger partial charge in [0, 0.05) is 5.56 Å². The van der Waals surface area contributed by atoms with Crippen LogP contribution in [0.1, 0.15) is 17.3 Å². The van der Waals surface area contributed by atoms with Gasteiger partial charge in [-0.05, 0) is 19.1 Å². The molecule has 0 fully saturated rings. The first kappa shape index (κ1) is 14.7. The van der Waals surface area contributed by atoms with Crippen LogP contribution >= 0.6 is 0 Å². The van der Waals surface area contributed by atoms with E-state index in [-0.39, 0.29) is 0 Å². The van der Waals surface area contributed by atoms with E-state index in [4.69, 9.17) is 9.84 Å². The largest absolute Gasteiger partial charge is 0.479 e. The van der Waals surface area contributed by atoms with Gasteiger partial charge in [0.05, 0.1) is 0 Å². The van der Waals surface area contributed by atoms with Crippen LogP contribution in [-0.2, 0) is 14.3 Å². The summed E-state index contributed by atoms with van der Waals surface area (Å²) in [5.41, 5.74) is 4.70. The number of hydrazine groups is 1. The van der Waals surface area contributed by atoms with Crippen molar-refractivity contribution in [3.05, 3.63) is 35.9 Å². The molecule has 0 aliphatic rings. The summed E-state index contributed by atoms with van der Waals surface area (Å²) in [5.74, 6) is -2.28. The number of hydrogen-bond acceptors (Lipinski definition) is 4. The topological polar surface area (TPSA) is 105 Å². The number of amides is 2. The number of carbonyl (C=O) groups is 3. The highest BCUT2D eigenvalue weighted by Crippen LogP contribution is 1.96. The lowest BCUT2D eigenvalue weighted by Gasteiger charge is -2.09. The van der Waals surface area contributed by atoms with Gasteiger partial charge in [-0.2, -0.15) is 0 Å². The van der Waals surface area contributed by atoms with Crippen LogP contribution in [0.5, 0.6) is 0 Å². The van der Waals surface area contributed by atoms with E-state index in [2.05, 4.69) is 10.9 Å². The molecule has 2 amide bonds. The van der Waals surface area contributed by atoms with Crippen LogP contribution in [0.25, 0.3) is 0 Å². The van der Waals surface area contributed by atoms with Crippen LogP contribution < -0.4 is 10.9 Å². The van der Waals surface area contributed by atoms with Gasteiger partial charge < -0.3 is 9.84 Å². The molecule has 1 aromatic carbocycles. The Labute approximate surface area is 109 Å². The molecule has 0 spiro atoms. The van der Waals surface area contributed by atoms with E-state index in [1.54, 1.807) is 30.3 Å². The third-order valence-electron chi connectivity index (χ3n) is 2.16. The van der Waals surface area contributed by atoms with Crippen molar-refractivity contribution in [2.24, 2.45) is 0 Å². The Balaban J connectivity index is 2.31. The molecule has 7 heteroatoms. The quantitative estimate of drug-likeness (QED) is 0.647. The SMILES string of the molecule is C[C@H](OCC(=O)NNC(=O)c1ccccc1)C(=O)O. The Hall–Kier alpha value is -2.41. The monoisotopic (exact) mass is 266 g/mol. The van der Waals surface area contributed by atoms with Crippen molar-refractivity contribution in [1.29, 1.82) is 0 Å². The van der Waals surface area contributed by atoms with E-state index in [9.17, 15) is 14.4 Å². The van der Waals surface area contributed by atoms with Crippen LogP contribution in [0.15, 0.2) is 30.3 Å². The van der Waals surface area contributed by atoms with Crippen LogP contribution in [0, 0.1) is 0 Å². The molecule has 0 bridgehead atoms. The average Bonchev–Trinajstić information content (AvgIpc) is 2.42. The number of carboxylic acid groups (broad SMARTS) is 1. The number of hydrogen-bond donors (Lipinski definition) is 3. The fraction of sp³-hybridized carbons (Fsp3) is 0.250. The molecule has 102 valence electrons. The molecule has 0 heterocycles. The molecule has 0 aliphatic carbocycles. The lowest BCUT2D eigenvalue weighted by molar-refractivity contribution is -0.150. The van der Waals surface area contributed by atoms with Crippen molar-refractivity contribution in [3.8, 4) is 0 Å². The summed E-state index contributed by atoms with van der Waals surface area (Å²) >= 11 is 0. The predicted octanol–water partition coefficient (Wildman–Crippen LogP) is -0.0627. The summed E-state index contributed by atoms with van der Waals surface area (Å²) in [6.45, 7) is 0.848. The van der Waals surface area contributed by atoms with Crippen molar-refractivity contribution >= 4 is 17.8 Å². The maximum Gasteiger partial charge on any atom is 0.332 e. The molecule has 0 aliphatic heterocycles. The summed E-state index contributed by atoms with van der Waals surface area (Å²) < 4.78 is 4.74. The third kappa shape index (κ3) is 5.17. The number of nitrogens with one attached hydrogen (secondary N) is 2. The van der Waals surface area contributed by atoms with Gasteiger partial charge in [0.15, 0.2) is 6.10 Å². The third-order valence-corrected chi connectivity index (χ3v) is 2.16. The van der Waals surface area contributed by atoms with E-state index in [1.165, 1.54) is 6.92 Å². The van der Waals surface area contributed by atoms with Gasteiger partial charge in [0.2, 0.25) is 0 Å². The molecule has 3 N–H and O–H groups in total. The zero-order valence-electron chi connectivity index (χ0n) is 10.3. The zero-order valence-corrected chi connectivity index (χ0v) is 10.3. The highest BCUT2D eigenvalue weighted by atomic mass is 16.5. The van der Waals surface area contributed by atoms with Crippen molar-refractivity contribution < 1.29 is 24.2 Å². The number of benzene rings is 1. The van der Waals surface area contributed by atoms with Crippen LogP contribution in [0.4, 0.5) is 0 Å². The molecular formula is C12H14N2O5. The van der Waals surface area contributed by atoms with E-state index >= 15 is 0 Å². The van der Waals surface area contributed by atoms with Crippen LogP contribution in [-0.4, -0.2) is 35.6 Å². The number of carbonyl (C=O) groups excluding carboxylic acids is 2. The molecule has 0 saturated heterocycles. The molecule has 1 aromatic rings. The molecule has 0 unspecified atom stereocenters. The highest BCUT2D eigenvalue weighted by Gasteiger charge is 2.13. The van der Waals surface area contributed by atoms with Gasteiger partial charge in [0.25, 0.3) is 11.8 Å². The Morgan fingerprint density at radius 1 is 1.21 bits per heavy atom. The number of carboxylic acids is 1. The first-order chi connectivity index (χ1) is 9.00. The molecule has 0 saturated carbocycles. The molecule has 1 rings (SSSR count). The molecule has 0 aromatic heterocycles. The smallest absolute Gasteiger partial charge is 0.332 e. The van der Waals surface area contributed by atoms with Gasteiger partial charge in [-0.15, -0.1) is 0 Å². The van der Waals surface area contributed by atoms with Crippen LogP contribution in [0.2, 0.25) is 0 Å². The minimum atomic E-state index is -1.17. The van der Waals surface area contributed by atoms with Gasteiger partial charge in [-0.3, -0.25) is 20.4 Å². The van der Waals surface area contributed by atoms with Gasteiger partial charge in [0.1, 0.15) is 6.61 Å². The maximum atomic E-state index is 11.5. The van der Waals surface area contributed by atoms with E-state index in [1.807, 2.05) is 0 Å². The molecule has 1 atom stereocenters. The summed E-state index contributed by atoms with van der Waals surface area (Å²) in [7, 11) is 0. The number of rotatable bonds is 5.